The van der Waals surface area contributed by atoms with Crippen molar-refractivity contribution in [2.75, 3.05) is 26.4 Å². The van der Waals surface area contributed by atoms with Crippen LogP contribution in [-0.4, -0.2) is 56.7 Å². The predicted octanol–water partition coefficient (Wildman–Crippen LogP) is 0.338. The van der Waals surface area contributed by atoms with Crippen LogP contribution in [0.1, 0.15) is 38.3 Å². The van der Waals surface area contributed by atoms with Gasteiger partial charge in [-0.3, -0.25) is 4.68 Å². The molecule has 0 amide bonds. The van der Waals surface area contributed by atoms with Crippen LogP contribution in [0, 0.1) is 5.41 Å². The molecule has 0 bridgehead atoms. The van der Waals surface area contributed by atoms with Crippen LogP contribution in [0.3, 0.4) is 0 Å². The summed E-state index contributed by atoms with van der Waals surface area (Å²) in [5, 5.41) is 35.6. The van der Waals surface area contributed by atoms with E-state index in [1.54, 1.807) is 4.68 Å². The van der Waals surface area contributed by atoms with Gasteiger partial charge in [-0.15, -0.1) is 5.10 Å². The van der Waals surface area contributed by atoms with E-state index in [4.69, 9.17) is 4.74 Å². The zero-order valence-electron chi connectivity index (χ0n) is 12.7. The lowest BCUT2D eigenvalue weighted by Crippen LogP contribution is -2.38. The molecule has 0 saturated heterocycles. The maximum atomic E-state index is 9.19. The molecule has 7 nitrogen and oxygen atoms in total. The predicted molar refractivity (Wildman–Crippen MR) is 77.5 cm³/mol. The quantitative estimate of drug-likeness (QED) is 0.481. The molecule has 0 atom stereocenters. The van der Waals surface area contributed by atoms with Crippen LogP contribution < -0.4 is 0 Å². The van der Waals surface area contributed by atoms with Crippen LogP contribution in [0.2, 0.25) is 0 Å². The van der Waals surface area contributed by atoms with Gasteiger partial charge < -0.3 is 20.1 Å². The molecule has 1 aromatic heterocycles. The van der Waals surface area contributed by atoms with Gasteiger partial charge in [0, 0.05) is 6.54 Å². The third kappa shape index (κ3) is 6.09. The van der Waals surface area contributed by atoms with Crippen molar-refractivity contribution in [1.29, 1.82) is 0 Å². The number of aliphatic hydroxyl groups excluding tert-OH is 3. The highest BCUT2D eigenvalue weighted by atomic mass is 16.5. The molecule has 0 aliphatic carbocycles. The minimum atomic E-state index is -1.00. The number of unbranched alkanes of at least 4 members (excludes halogenated alkanes) is 3. The number of aryl methyl sites for hydroxylation is 1. The Balaban J connectivity index is 2.31. The molecule has 0 fully saturated rings. The van der Waals surface area contributed by atoms with E-state index in [0.29, 0.717) is 5.69 Å². The van der Waals surface area contributed by atoms with E-state index in [1.165, 1.54) is 19.3 Å². The Labute approximate surface area is 125 Å². The van der Waals surface area contributed by atoms with Gasteiger partial charge in [0.25, 0.3) is 0 Å². The molecule has 0 aliphatic heterocycles. The Morgan fingerprint density at radius 1 is 1.14 bits per heavy atom. The first-order valence-corrected chi connectivity index (χ1v) is 7.49. The molecule has 21 heavy (non-hydrogen) atoms. The fourth-order valence-electron chi connectivity index (χ4n) is 1.87. The van der Waals surface area contributed by atoms with Crippen molar-refractivity contribution in [3.8, 4) is 0 Å². The van der Waals surface area contributed by atoms with E-state index in [-0.39, 0.29) is 33.0 Å². The summed E-state index contributed by atoms with van der Waals surface area (Å²) < 4.78 is 7.22. The van der Waals surface area contributed by atoms with Crippen molar-refractivity contribution in [2.45, 2.75) is 45.8 Å². The molecule has 0 aliphatic rings. The van der Waals surface area contributed by atoms with Gasteiger partial charge in [0.15, 0.2) is 0 Å². The molecule has 0 spiro atoms. The molecule has 1 aromatic rings. The Kier molecular flexibility index (Phi) is 8.44. The molecule has 122 valence electrons. The van der Waals surface area contributed by atoms with Crippen LogP contribution in [0.25, 0.3) is 0 Å². The van der Waals surface area contributed by atoms with Crippen molar-refractivity contribution in [3.63, 3.8) is 0 Å². The van der Waals surface area contributed by atoms with E-state index in [9.17, 15) is 15.3 Å². The molecular formula is C14H27N3O4. The fraction of sp³-hybridized carbons (Fsp3) is 0.857. The SMILES string of the molecule is CCCCCCn1cc(COCC(CO)(CO)CO)nn1. The van der Waals surface area contributed by atoms with Gasteiger partial charge in [0.2, 0.25) is 0 Å². The first-order valence-electron chi connectivity index (χ1n) is 7.49. The number of ether oxygens (including phenoxy) is 1. The average molecular weight is 301 g/mol. The van der Waals surface area contributed by atoms with E-state index in [1.807, 2.05) is 6.20 Å². The molecule has 0 aromatic carbocycles. The van der Waals surface area contributed by atoms with Crippen LogP contribution in [0.15, 0.2) is 6.20 Å². The molecule has 1 rings (SSSR count). The Morgan fingerprint density at radius 2 is 1.86 bits per heavy atom. The van der Waals surface area contributed by atoms with Crippen LogP contribution >= 0.6 is 0 Å². The summed E-state index contributed by atoms with van der Waals surface area (Å²) >= 11 is 0. The highest BCUT2D eigenvalue weighted by Crippen LogP contribution is 2.15. The number of hydrogen-bond donors (Lipinski definition) is 3. The standard InChI is InChI=1S/C14H27N3O4/c1-2-3-4-5-6-17-7-13(15-16-17)8-21-12-14(9-18,10-19)11-20/h7,18-20H,2-6,8-12H2,1H3. The van der Waals surface area contributed by atoms with Gasteiger partial charge in [-0.25, -0.2) is 0 Å². The second-order valence-corrected chi connectivity index (χ2v) is 5.50. The van der Waals surface area contributed by atoms with E-state index >= 15 is 0 Å². The summed E-state index contributed by atoms with van der Waals surface area (Å²) in [6.45, 7) is 2.35. The largest absolute Gasteiger partial charge is 0.396 e. The topological polar surface area (TPSA) is 101 Å². The van der Waals surface area contributed by atoms with Gasteiger partial charge in [-0.2, -0.15) is 0 Å². The number of aromatic nitrogens is 3. The molecular weight excluding hydrogens is 274 g/mol. The highest BCUT2D eigenvalue weighted by molar-refractivity contribution is 4.90. The number of hydrogen-bond acceptors (Lipinski definition) is 6. The smallest absolute Gasteiger partial charge is 0.108 e. The normalized spacial score (nSPS) is 12.0. The molecule has 0 saturated carbocycles. The fourth-order valence-corrected chi connectivity index (χ4v) is 1.87. The van der Waals surface area contributed by atoms with E-state index in [2.05, 4.69) is 17.2 Å². The maximum Gasteiger partial charge on any atom is 0.108 e. The second kappa shape index (κ2) is 9.83. The van der Waals surface area contributed by atoms with Crippen LogP contribution in [-0.2, 0) is 17.9 Å². The van der Waals surface area contributed by atoms with E-state index in [0.717, 1.165) is 13.0 Å². The third-order valence-electron chi connectivity index (χ3n) is 3.49. The summed E-state index contributed by atoms with van der Waals surface area (Å²) in [5.74, 6) is 0. The summed E-state index contributed by atoms with van der Waals surface area (Å²) in [4.78, 5) is 0. The lowest BCUT2D eigenvalue weighted by Gasteiger charge is -2.26. The number of nitrogens with zero attached hydrogens (tertiary/aromatic N) is 3. The van der Waals surface area contributed by atoms with Gasteiger partial charge in [0.05, 0.1) is 44.6 Å². The molecule has 0 radical (unpaired) electrons. The van der Waals surface area contributed by atoms with Gasteiger partial charge >= 0.3 is 0 Å². The first kappa shape index (κ1) is 18.0. The van der Waals surface area contributed by atoms with Crippen LogP contribution in [0.4, 0.5) is 0 Å². The summed E-state index contributed by atoms with van der Waals surface area (Å²) in [6.07, 6.45) is 6.55. The number of rotatable bonds is 12. The maximum absolute atomic E-state index is 9.19. The Bertz CT molecular complexity index is 372. The first-order chi connectivity index (χ1) is 10.2. The van der Waals surface area contributed by atoms with Gasteiger partial charge in [-0.1, -0.05) is 31.4 Å². The Morgan fingerprint density at radius 3 is 2.48 bits per heavy atom. The molecule has 3 N–H and O–H groups in total. The van der Waals surface area contributed by atoms with Crippen molar-refractivity contribution in [1.82, 2.24) is 15.0 Å². The zero-order chi connectivity index (χ0) is 15.6. The summed E-state index contributed by atoms with van der Waals surface area (Å²) in [6, 6.07) is 0. The molecule has 0 unspecified atom stereocenters. The van der Waals surface area contributed by atoms with Crippen molar-refractivity contribution >= 4 is 0 Å². The van der Waals surface area contributed by atoms with Crippen molar-refractivity contribution in [2.24, 2.45) is 5.41 Å². The average Bonchev–Trinajstić information content (AvgIpc) is 2.96. The minimum absolute atomic E-state index is 0.0693. The third-order valence-corrected chi connectivity index (χ3v) is 3.49. The Hall–Kier alpha value is -1.02. The molecule has 1 heterocycles. The molecule has 7 heteroatoms. The monoisotopic (exact) mass is 301 g/mol. The van der Waals surface area contributed by atoms with Gasteiger partial charge in [-0.05, 0) is 6.42 Å². The number of aliphatic hydroxyl groups is 3. The lowest BCUT2D eigenvalue weighted by molar-refractivity contribution is -0.0626. The summed E-state index contributed by atoms with van der Waals surface area (Å²) in [5.41, 5.74) is -0.302. The van der Waals surface area contributed by atoms with Crippen molar-refractivity contribution < 1.29 is 20.1 Å². The second-order valence-electron chi connectivity index (χ2n) is 5.50. The lowest BCUT2D eigenvalue weighted by atomic mass is 9.93. The van der Waals surface area contributed by atoms with Gasteiger partial charge in [0.1, 0.15) is 5.69 Å². The minimum Gasteiger partial charge on any atom is -0.396 e. The zero-order valence-corrected chi connectivity index (χ0v) is 12.7. The highest BCUT2D eigenvalue weighted by Gasteiger charge is 2.28. The van der Waals surface area contributed by atoms with Crippen molar-refractivity contribution in [3.05, 3.63) is 11.9 Å². The summed E-state index contributed by atoms with van der Waals surface area (Å²) in [7, 11) is 0. The van der Waals surface area contributed by atoms with Crippen LogP contribution in [0.5, 0.6) is 0 Å². The van der Waals surface area contributed by atoms with E-state index < -0.39 is 5.41 Å².